The summed E-state index contributed by atoms with van der Waals surface area (Å²) in [4.78, 5) is 12.3. The Morgan fingerprint density at radius 1 is 1.24 bits per heavy atom. The number of aryl methyl sites for hydroxylation is 1. The number of carbonyl (C=O) groups excluding carboxylic acids is 1. The Labute approximate surface area is 124 Å². The van der Waals surface area contributed by atoms with Crippen LogP contribution in [0.3, 0.4) is 0 Å². The van der Waals surface area contributed by atoms with Crippen LogP contribution in [0.1, 0.15) is 34.5 Å². The van der Waals surface area contributed by atoms with Crippen molar-refractivity contribution in [1.29, 1.82) is 0 Å². The molecule has 110 valence electrons. The van der Waals surface area contributed by atoms with Gasteiger partial charge in [0, 0.05) is 5.69 Å². The maximum absolute atomic E-state index is 12.3. The van der Waals surface area contributed by atoms with Crippen molar-refractivity contribution >= 4 is 11.6 Å². The molecular weight excluding hydrogens is 264 g/mol. The average molecular weight is 284 g/mol. The van der Waals surface area contributed by atoms with E-state index in [1.54, 1.807) is 19.2 Å². The van der Waals surface area contributed by atoms with E-state index in [0.29, 0.717) is 11.3 Å². The quantitative estimate of drug-likeness (QED) is 0.848. The van der Waals surface area contributed by atoms with Crippen molar-refractivity contribution in [2.45, 2.75) is 19.9 Å². The van der Waals surface area contributed by atoms with Gasteiger partial charge in [-0.15, -0.1) is 0 Å². The Kier molecular flexibility index (Phi) is 4.48. The first-order valence-electron chi connectivity index (χ1n) is 6.82. The second kappa shape index (κ2) is 6.31. The normalized spacial score (nSPS) is 11.8. The second-order valence-electron chi connectivity index (χ2n) is 5.06. The fraction of sp³-hybridized carbons (Fsp3) is 0.235. The number of nitrogens with one attached hydrogen (secondary N) is 1. The van der Waals surface area contributed by atoms with E-state index in [4.69, 9.17) is 10.5 Å². The lowest BCUT2D eigenvalue weighted by Crippen LogP contribution is -2.27. The average Bonchev–Trinajstić information content (AvgIpc) is 2.49. The molecule has 0 saturated carbocycles. The summed E-state index contributed by atoms with van der Waals surface area (Å²) in [6.07, 6.45) is 0. The molecule has 2 rings (SSSR count). The van der Waals surface area contributed by atoms with Crippen molar-refractivity contribution in [3.05, 3.63) is 59.2 Å². The summed E-state index contributed by atoms with van der Waals surface area (Å²) < 4.78 is 5.20. The summed E-state index contributed by atoms with van der Waals surface area (Å²) in [5, 5.41) is 2.96. The molecule has 0 spiro atoms. The van der Waals surface area contributed by atoms with Crippen LogP contribution in [0.2, 0.25) is 0 Å². The van der Waals surface area contributed by atoms with Crippen molar-refractivity contribution in [2.75, 3.05) is 12.8 Å². The van der Waals surface area contributed by atoms with Gasteiger partial charge >= 0.3 is 0 Å². The van der Waals surface area contributed by atoms with Gasteiger partial charge < -0.3 is 15.8 Å². The first kappa shape index (κ1) is 14.9. The summed E-state index contributed by atoms with van der Waals surface area (Å²) in [6, 6.07) is 12.9. The number of hydrogen-bond donors (Lipinski definition) is 2. The van der Waals surface area contributed by atoms with E-state index >= 15 is 0 Å². The Bertz CT molecular complexity index is 653. The largest absolute Gasteiger partial charge is 0.497 e. The highest BCUT2D eigenvalue weighted by molar-refractivity contribution is 5.99. The molecule has 0 fully saturated rings. The van der Waals surface area contributed by atoms with Gasteiger partial charge in [-0.25, -0.2) is 0 Å². The lowest BCUT2D eigenvalue weighted by atomic mass is 10.1. The number of nitrogen functional groups attached to an aromatic ring is 1. The van der Waals surface area contributed by atoms with Gasteiger partial charge in [-0.3, -0.25) is 4.79 Å². The maximum Gasteiger partial charge on any atom is 0.253 e. The SMILES string of the molecule is COc1cccc([C@@H](C)NC(=O)c2cc(C)ccc2N)c1. The van der Waals surface area contributed by atoms with Gasteiger partial charge in [-0.05, 0) is 43.7 Å². The molecule has 21 heavy (non-hydrogen) atoms. The molecule has 0 bridgehead atoms. The predicted octanol–water partition coefficient (Wildman–Crippen LogP) is 3.08. The van der Waals surface area contributed by atoms with E-state index in [2.05, 4.69) is 5.32 Å². The zero-order valence-electron chi connectivity index (χ0n) is 12.5. The molecule has 0 aliphatic carbocycles. The Balaban J connectivity index is 2.16. The van der Waals surface area contributed by atoms with Crippen LogP contribution in [0.4, 0.5) is 5.69 Å². The minimum atomic E-state index is -0.175. The number of nitrogens with two attached hydrogens (primary N) is 1. The molecule has 4 heteroatoms. The number of rotatable bonds is 4. The third-order valence-electron chi connectivity index (χ3n) is 3.39. The van der Waals surface area contributed by atoms with Gasteiger partial charge in [-0.2, -0.15) is 0 Å². The van der Waals surface area contributed by atoms with Crippen LogP contribution < -0.4 is 15.8 Å². The van der Waals surface area contributed by atoms with E-state index in [0.717, 1.165) is 16.9 Å². The molecule has 0 unspecified atom stereocenters. The number of anilines is 1. The second-order valence-corrected chi connectivity index (χ2v) is 5.06. The Morgan fingerprint density at radius 3 is 2.71 bits per heavy atom. The molecule has 1 atom stereocenters. The van der Waals surface area contributed by atoms with Crippen LogP contribution in [-0.2, 0) is 0 Å². The molecule has 0 aromatic heterocycles. The van der Waals surface area contributed by atoms with Crippen molar-refractivity contribution < 1.29 is 9.53 Å². The topological polar surface area (TPSA) is 64.3 Å². The van der Waals surface area contributed by atoms with Gasteiger partial charge in [0.05, 0.1) is 18.7 Å². The smallest absolute Gasteiger partial charge is 0.253 e. The third-order valence-corrected chi connectivity index (χ3v) is 3.39. The molecule has 0 aliphatic heterocycles. The van der Waals surface area contributed by atoms with Gasteiger partial charge in [0.1, 0.15) is 5.75 Å². The highest BCUT2D eigenvalue weighted by Gasteiger charge is 2.14. The maximum atomic E-state index is 12.3. The van der Waals surface area contributed by atoms with E-state index in [9.17, 15) is 4.79 Å². The predicted molar refractivity (Wildman–Crippen MR) is 84.5 cm³/mol. The van der Waals surface area contributed by atoms with Crippen LogP contribution in [0.5, 0.6) is 5.75 Å². The molecule has 0 radical (unpaired) electrons. The Morgan fingerprint density at radius 2 is 2.00 bits per heavy atom. The minimum Gasteiger partial charge on any atom is -0.497 e. The fourth-order valence-corrected chi connectivity index (χ4v) is 2.14. The zero-order valence-corrected chi connectivity index (χ0v) is 12.5. The summed E-state index contributed by atoms with van der Waals surface area (Å²) in [5.41, 5.74) is 8.84. The van der Waals surface area contributed by atoms with Gasteiger partial charge in [0.15, 0.2) is 0 Å². The number of carbonyl (C=O) groups is 1. The molecule has 1 amide bonds. The van der Waals surface area contributed by atoms with Gasteiger partial charge in [0.2, 0.25) is 0 Å². The van der Waals surface area contributed by atoms with Crippen LogP contribution in [0, 0.1) is 6.92 Å². The van der Waals surface area contributed by atoms with E-state index in [1.165, 1.54) is 0 Å². The summed E-state index contributed by atoms with van der Waals surface area (Å²) in [7, 11) is 1.62. The monoisotopic (exact) mass is 284 g/mol. The summed E-state index contributed by atoms with van der Waals surface area (Å²) in [6.45, 7) is 3.86. The summed E-state index contributed by atoms with van der Waals surface area (Å²) >= 11 is 0. The first-order valence-corrected chi connectivity index (χ1v) is 6.82. The van der Waals surface area contributed by atoms with Crippen molar-refractivity contribution in [2.24, 2.45) is 0 Å². The Hall–Kier alpha value is -2.49. The molecular formula is C17H20N2O2. The van der Waals surface area contributed by atoms with E-state index in [1.807, 2.05) is 44.2 Å². The minimum absolute atomic E-state index is 0.132. The van der Waals surface area contributed by atoms with Crippen LogP contribution in [0.15, 0.2) is 42.5 Å². The van der Waals surface area contributed by atoms with Crippen LogP contribution >= 0.6 is 0 Å². The standard InChI is InChI=1S/C17H20N2O2/c1-11-7-8-16(18)15(9-11)17(20)19-12(2)13-5-4-6-14(10-13)21-3/h4-10,12H,18H2,1-3H3,(H,19,20)/t12-/m1/s1. The lowest BCUT2D eigenvalue weighted by Gasteiger charge is -2.16. The van der Waals surface area contributed by atoms with E-state index in [-0.39, 0.29) is 11.9 Å². The van der Waals surface area contributed by atoms with Gasteiger partial charge in [-0.1, -0.05) is 23.8 Å². The molecule has 2 aromatic carbocycles. The van der Waals surface area contributed by atoms with Gasteiger partial charge in [0.25, 0.3) is 5.91 Å². The number of amides is 1. The van der Waals surface area contributed by atoms with Crippen molar-refractivity contribution in [3.63, 3.8) is 0 Å². The molecule has 2 aromatic rings. The molecule has 4 nitrogen and oxygen atoms in total. The number of benzene rings is 2. The number of methoxy groups -OCH3 is 1. The van der Waals surface area contributed by atoms with Crippen molar-refractivity contribution in [1.82, 2.24) is 5.32 Å². The molecule has 0 heterocycles. The first-order chi connectivity index (χ1) is 10.0. The molecule has 3 N–H and O–H groups in total. The lowest BCUT2D eigenvalue weighted by molar-refractivity contribution is 0.0940. The number of hydrogen-bond acceptors (Lipinski definition) is 3. The van der Waals surface area contributed by atoms with Crippen LogP contribution in [-0.4, -0.2) is 13.0 Å². The van der Waals surface area contributed by atoms with Crippen LogP contribution in [0.25, 0.3) is 0 Å². The van der Waals surface area contributed by atoms with E-state index < -0.39 is 0 Å². The zero-order chi connectivity index (χ0) is 15.4. The summed E-state index contributed by atoms with van der Waals surface area (Å²) in [5.74, 6) is 0.593. The molecule has 0 aliphatic rings. The van der Waals surface area contributed by atoms with Crippen molar-refractivity contribution in [3.8, 4) is 5.75 Å². The number of ether oxygens (including phenoxy) is 1. The fourth-order valence-electron chi connectivity index (χ4n) is 2.14. The molecule has 0 saturated heterocycles. The highest BCUT2D eigenvalue weighted by atomic mass is 16.5. The third kappa shape index (κ3) is 3.54. The highest BCUT2D eigenvalue weighted by Crippen LogP contribution is 2.20.